The van der Waals surface area contributed by atoms with E-state index >= 15 is 0 Å². The van der Waals surface area contributed by atoms with Crippen LogP contribution in [0.15, 0.2) is 16.6 Å². The molecule has 0 amide bonds. The second kappa shape index (κ2) is 3.67. The summed E-state index contributed by atoms with van der Waals surface area (Å²) in [5, 5.41) is 0. The number of hydrogen-bond donors (Lipinski definition) is 0. The number of rotatable bonds is 2. The highest BCUT2D eigenvalue weighted by molar-refractivity contribution is 9.10. The number of halogens is 2. The summed E-state index contributed by atoms with van der Waals surface area (Å²) in [6.45, 7) is 0. The number of ether oxygens (including phenoxy) is 1. The van der Waals surface area contributed by atoms with Crippen LogP contribution in [0.5, 0.6) is 5.75 Å². The van der Waals surface area contributed by atoms with Gasteiger partial charge in [-0.2, -0.15) is 0 Å². The van der Waals surface area contributed by atoms with Crippen molar-refractivity contribution in [1.82, 2.24) is 0 Å². The van der Waals surface area contributed by atoms with Crippen LogP contribution in [0.2, 0.25) is 0 Å². The van der Waals surface area contributed by atoms with E-state index in [1.807, 2.05) is 0 Å². The highest BCUT2D eigenvalue weighted by Gasteiger charge is 2.10. The van der Waals surface area contributed by atoms with Crippen molar-refractivity contribution in [2.24, 2.45) is 0 Å². The van der Waals surface area contributed by atoms with Crippen LogP contribution in [-0.2, 0) is 0 Å². The van der Waals surface area contributed by atoms with Crippen LogP contribution in [-0.4, -0.2) is 13.4 Å². The topological polar surface area (TPSA) is 26.3 Å². The monoisotopic (exact) mass is 232 g/mol. The molecule has 2 nitrogen and oxygen atoms in total. The van der Waals surface area contributed by atoms with E-state index in [4.69, 9.17) is 0 Å². The molecule has 0 saturated carbocycles. The van der Waals surface area contributed by atoms with Gasteiger partial charge in [-0.05, 0) is 28.1 Å². The summed E-state index contributed by atoms with van der Waals surface area (Å²) >= 11 is 3.04. The smallest absolute Gasteiger partial charge is 0.176 e. The summed E-state index contributed by atoms with van der Waals surface area (Å²) < 4.78 is 18.3. The van der Waals surface area contributed by atoms with E-state index < -0.39 is 5.82 Å². The van der Waals surface area contributed by atoms with Gasteiger partial charge in [-0.1, -0.05) is 0 Å². The van der Waals surface area contributed by atoms with Crippen LogP contribution in [0.3, 0.4) is 0 Å². The van der Waals surface area contributed by atoms with Crippen LogP contribution in [0.1, 0.15) is 10.4 Å². The Kier molecular flexibility index (Phi) is 2.81. The zero-order valence-electron chi connectivity index (χ0n) is 6.30. The fourth-order valence-corrected chi connectivity index (χ4v) is 1.21. The van der Waals surface area contributed by atoms with Crippen molar-refractivity contribution in [2.75, 3.05) is 7.11 Å². The minimum atomic E-state index is -0.637. The van der Waals surface area contributed by atoms with Gasteiger partial charge in [0.25, 0.3) is 0 Å². The van der Waals surface area contributed by atoms with Gasteiger partial charge >= 0.3 is 0 Å². The lowest BCUT2D eigenvalue weighted by molar-refractivity contribution is 0.111. The Labute approximate surface area is 77.5 Å². The molecule has 0 N–H and O–H groups in total. The molecule has 0 unspecified atom stereocenters. The fraction of sp³-hybridized carbons (Fsp3) is 0.125. The predicted molar refractivity (Wildman–Crippen MR) is 46.0 cm³/mol. The van der Waals surface area contributed by atoms with E-state index in [9.17, 15) is 9.18 Å². The molecule has 0 heterocycles. The van der Waals surface area contributed by atoms with E-state index in [-0.39, 0.29) is 11.3 Å². The Bertz CT molecular complexity index is 312. The number of aldehydes is 1. The second-order valence-corrected chi connectivity index (χ2v) is 2.95. The van der Waals surface area contributed by atoms with Crippen molar-refractivity contribution in [2.45, 2.75) is 0 Å². The maximum Gasteiger partial charge on any atom is 0.176 e. The lowest BCUT2D eigenvalue weighted by Gasteiger charge is -2.03. The third kappa shape index (κ3) is 1.48. The Balaban J connectivity index is 3.33. The molecular weight excluding hydrogens is 227 g/mol. The van der Waals surface area contributed by atoms with E-state index in [2.05, 4.69) is 20.7 Å². The van der Waals surface area contributed by atoms with Gasteiger partial charge in [-0.15, -0.1) is 0 Å². The lowest BCUT2D eigenvalue weighted by Crippen LogP contribution is -1.94. The van der Waals surface area contributed by atoms with Gasteiger partial charge in [0.15, 0.2) is 17.9 Å². The van der Waals surface area contributed by atoms with Crippen LogP contribution in [0.4, 0.5) is 4.39 Å². The number of hydrogen-bond acceptors (Lipinski definition) is 2. The van der Waals surface area contributed by atoms with Gasteiger partial charge in [0.1, 0.15) is 0 Å². The van der Waals surface area contributed by atoms with Gasteiger partial charge in [0, 0.05) is 4.47 Å². The minimum Gasteiger partial charge on any atom is -0.494 e. The molecule has 0 bridgehead atoms. The van der Waals surface area contributed by atoms with Gasteiger partial charge in [-0.25, -0.2) is 4.39 Å². The van der Waals surface area contributed by atoms with Crippen molar-refractivity contribution in [3.05, 3.63) is 28.0 Å². The molecule has 4 heteroatoms. The minimum absolute atomic E-state index is 0.0191. The molecular formula is C8H6BrFO2. The van der Waals surface area contributed by atoms with Crippen LogP contribution in [0.25, 0.3) is 0 Å². The lowest BCUT2D eigenvalue weighted by atomic mass is 10.2. The summed E-state index contributed by atoms with van der Waals surface area (Å²) in [7, 11) is 1.35. The zero-order chi connectivity index (χ0) is 9.14. The zero-order valence-corrected chi connectivity index (χ0v) is 7.89. The predicted octanol–water partition coefficient (Wildman–Crippen LogP) is 2.41. The Morgan fingerprint density at radius 3 is 2.75 bits per heavy atom. The Morgan fingerprint density at radius 2 is 2.25 bits per heavy atom. The van der Waals surface area contributed by atoms with Crippen molar-refractivity contribution >= 4 is 22.2 Å². The summed E-state index contributed by atoms with van der Waals surface area (Å²) in [6, 6.07) is 3.01. The number of carbonyl (C=O) groups excluding carboxylic acids is 1. The van der Waals surface area contributed by atoms with Crippen LogP contribution < -0.4 is 4.74 Å². The van der Waals surface area contributed by atoms with Gasteiger partial charge in [0.2, 0.25) is 0 Å². The quantitative estimate of drug-likeness (QED) is 0.733. The molecule has 0 aliphatic carbocycles. The summed E-state index contributed by atoms with van der Waals surface area (Å²) in [6.07, 6.45) is 0.446. The average Bonchev–Trinajstić information content (AvgIpc) is 2.06. The Morgan fingerprint density at radius 1 is 1.58 bits per heavy atom. The van der Waals surface area contributed by atoms with Gasteiger partial charge < -0.3 is 4.74 Å². The van der Waals surface area contributed by atoms with E-state index in [0.29, 0.717) is 10.8 Å². The maximum atomic E-state index is 13.1. The van der Waals surface area contributed by atoms with Gasteiger partial charge in [-0.3, -0.25) is 4.79 Å². The second-order valence-electron chi connectivity index (χ2n) is 2.10. The molecule has 1 aromatic carbocycles. The molecule has 0 fully saturated rings. The van der Waals surface area contributed by atoms with Crippen LogP contribution >= 0.6 is 15.9 Å². The maximum absolute atomic E-state index is 13.1. The van der Waals surface area contributed by atoms with E-state index in [1.165, 1.54) is 13.2 Å². The largest absolute Gasteiger partial charge is 0.494 e. The molecule has 0 aliphatic heterocycles. The molecule has 0 radical (unpaired) electrons. The standard InChI is InChI=1S/C8H6BrFO2/c1-12-7-3-2-6(9)5(4-11)8(7)10/h2-4H,1H3. The van der Waals surface area contributed by atoms with Crippen LogP contribution in [0, 0.1) is 5.82 Å². The summed E-state index contributed by atoms with van der Waals surface area (Å²) in [5.74, 6) is -0.567. The van der Waals surface area contributed by atoms with Crippen molar-refractivity contribution in [1.29, 1.82) is 0 Å². The highest BCUT2D eigenvalue weighted by Crippen LogP contribution is 2.25. The normalized spacial score (nSPS) is 9.58. The molecule has 0 spiro atoms. The highest BCUT2D eigenvalue weighted by atomic mass is 79.9. The van der Waals surface area contributed by atoms with Crippen molar-refractivity contribution in [3.8, 4) is 5.75 Å². The first-order valence-corrected chi connectivity index (χ1v) is 3.97. The molecule has 0 aliphatic rings. The SMILES string of the molecule is COc1ccc(Br)c(C=O)c1F. The first-order chi connectivity index (χ1) is 5.70. The third-order valence-corrected chi connectivity index (χ3v) is 2.12. The molecule has 0 atom stereocenters. The Hall–Kier alpha value is -0.900. The number of carbonyl (C=O) groups is 1. The number of benzene rings is 1. The molecule has 12 heavy (non-hydrogen) atoms. The number of methoxy groups -OCH3 is 1. The average molecular weight is 233 g/mol. The third-order valence-electron chi connectivity index (χ3n) is 1.43. The molecule has 0 aromatic heterocycles. The van der Waals surface area contributed by atoms with Crippen molar-refractivity contribution in [3.63, 3.8) is 0 Å². The first kappa shape index (κ1) is 9.19. The molecule has 0 saturated heterocycles. The van der Waals surface area contributed by atoms with Gasteiger partial charge in [0.05, 0.1) is 12.7 Å². The van der Waals surface area contributed by atoms with Crippen molar-refractivity contribution < 1.29 is 13.9 Å². The fourth-order valence-electron chi connectivity index (χ4n) is 0.815. The molecule has 1 rings (SSSR count). The van der Waals surface area contributed by atoms with E-state index in [1.54, 1.807) is 6.07 Å². The summed E-state index contributed by atoms with van der Waals surface area (Å²) in [5.41, 5.74) is -0.0191. The first-order valence-electron chi connectivity index (χ1n) is 3.18. The molecule has 64 valence electrons. The summed E-state index contributed by atoms with van der Waals surface area (Å²) in [4.78, 5) is 10.4. The molecule has 1 aromatic rings. The van der Waals surface area contributed by atoms with E-state index in [0.717, 1.165) is 0 Å².